The summed E-state index contributed by atoms with van der Waals surface area (Å²) in [4.78, 5) is 11.7. The first-order chi connectivity index (χ1) is 9.51. The Morgan fingerprint density at radius 3 is 2.55 bits per heavy atom. The minimum absolute atomic E-state index is 0.790. The van der Waals surface area contributed by atoms with E-state index in [1.165, 1.54) is 25.2 Å². The Bertz CT molecular complexity index is 606. The third-order valence-electron chi connectivity index (χ3n) is 4.14. The number of aryl methyl sites for hydroxylation is 2. The molecule has 2 unspecified atom stereocenters. The molecule has 1 aliphatic rings. The van der Waals surface area contributed by atoms with Crippen molar-refractivity contribution in [2.45, 2.75) is 40.7 Å². The summed E-state index contributed by atoms with van der Waals surface area (Å²) in [5, 5.41) is 0. The summed E-state index contributed by atoms with van der Waals surface area (Å²) >= 11 is 0. The van der Waals surface area contributed by atoms with E-state index in [-0.39, 0.29) is 0 Å². The molecular formula is C16H24N4. The summed E-state index contributed by atoms with van der Waals surface area (Å²) in [5.41, 5.74) is 3.37. The zero-order chi connectivity index (χ0) is 14.3. The largest absolute Gasteiger partial charge is 0.297 e. The lowest BCUT2D eigenvalue weighted by molar-refractivity contribution is 0.133. The van der Waals surface area contributed by atoms with E-state index in [1.54, 1.807) is 0 Å². The molecule has 0 spiro atoms. The monoisotopic (exact) mass is 272 g/mol. The summed E-state index contributed by atoms with van der Waals surface area (Å²) in [6.45, 7) is 12.1. The molecular weight excluding hydrogens is 248 g/mol. The highest BCUT2D eigenvalue weighted by Gasteiger charge is 2.22. The molecule has 1 saturated heterocycles. The van der Waals surface area contributed by atoms with Gasteiger partial charge in [-0.1, -0.05) is 13.8 Å². The van der Waals surface area contributed by atoms with Crippen molar-refractivity contribution < 1.29 is 0 Å². The van der Waals surface area contributed by atoms with E-state index in [2.05, 4.69) is 52.3 Å². The van der Waals surface area contributed by atoms with Crippen LogP contribution in [-0.4, -0.2) is 32.4 Å². The maximum Gasteiger partial charge on any atom is 0.234 e. The fourth-order valence-corrected chi connectivity index (χ4v) is 3.54. The molecule has 0 saturated carbocycles. The summed E-state index contributed by atoms with van der Waals surface area (Å²) < 4.78 is 2.10. The van der Waals surface area contributed by atoms with Crippen molar-refractivity contribution >= 4 is 5.78 Å². The molecule has 1 fully saturated rings. The van der Waals surface area contributed by atoms with E-state index in [0.29, 0.717) is 0 Å². The predicted octanol–water partition coefficient (Wildman–Crippen LogP) is 2.82. The van der Waals surface area contributed by atoms with Crippen LogP contribution in [0.15, 0.2) is 12.3 Å². The Kier molecular flexibility index (Phi) is 3.50. The average Bonchev–Trinajstić information content (AvgIpc) is 2.70. The van der Waals surface area contributed by atoms with Crippen molar-refractivity contribution in [2.24, 2.45) is 11.8 Å². The SMILES string of the molecule is Cc1cc(C)n2cc(CN3CC(C)CC(C)C3)nc2n1. The number of hydrogen-bond acceptors (Lipinski definition) is 3. The van der Waals surface area contributed by atoms with Gasteiger partial charge in [-0.05, 0) is 38.2 Å². The second-order valence-electron chi connectivity index (χ2n) is 6.58. The summed E-state index contributed by atoms with van der Waals surface area (Å²) in [7, 11) is 0. The smallest absolute Gasteiger partial charge is 0.234 e. The lowest BCUT2D eigenvalue weighted by atomic mass is 9.92. The van der Waals surface area contributed by atoms with Crippen LogP contribution in [0.1, 0.15) is 37.4 Å². The Balaban J connectivity index is 1.82. The highest BCUT2D eigenvalue weighted by Crippen LogP contribution is 2.22. The normalized spacial score (nSPS) is 24.4. The van der Waals surface area contributed by atoms with Crippen molar-refractivity contribution in [1.82, 2.24) is 19.3 Å². The molecule has 3 heterocycles. The van der Waals surface area contributed by atoms with Crippen LogP contribution >= 0.6 is 0 Å². The molecule has 20 heavy (non-hydrogen) atoms. The lowest BCUT2D eigenvalue weighted by Crippen LogP contribution is -2.38. The molecule has 108 valence electrons. The van der Waals surface area contributed by atoms with Crippen LogP contribution in [-0.2, 0) is 6.54 Å². The van der Waals surface area contributed by atoms with Gasteiger partial charge in [-0.25, -0.2) is 9.97 Å². The topological polar surface area (TPSA) is 33.4 Å². The van der Waals surface area contributed by atoms with Crippen LogP contribution in [0, 0.1) is 25.7 Å². The van der Waals surface area contributed by atoms with Gasteiger partial charge in [-0.3, -0.25) is 9.30 Å². The third kappa shape index (κ3) is 2.70. The summed E-state index contributed by atoms with van der Waals surface area (Å²) in [5.74, 6) is 2.41. The number of piperidine rings is 1. The standard InChI is InChI=1S/C16H24N4/c1-11-5-12(2)8-19(7-11)9-15-10-20-14(4)6-13(3)17-16(20)18-15/h6,10-12H,5,7-9H2,1-4H3. The van der Waals surface area contributed by atoms with E-state index in [4.69, 9.17) is 0 Å². The molecule has 1 aliphatic heterocycles. The first kappa shape index (κ1) is 13.6. The molecule has 4 heteroatoms. The summed E-state index contributed by atoms with van der Waals surface area (Å²) in [6.07, 6.45) is 3.49. The highest BCUT2D eigenvalue weighted by atomic mass is 15.2. The first-order valence-electron chi connectivity index (χ1n) is 7.56. The third-order valence-corrected chi connectivity index (χ3v) is 4.14. The van der Waals surface area contributed by atoms with Gasteiger partial charge in [-0.2, -0.15) is 0 Å². The minimum atomic E-state index is 0.790. The van der Waals surface area contributed by atoms with E-state index < -0.39 is 0 Å². The van der Waals surface area contributed by atoms with Gasteiger partial charge in [0, 0.05) is 37.2 Å². The van der Waals surface area contributed by atoms with Gasteiger partial charge in [0.2, 0.25) is 5.78 Å². The van der Waals surface area contributed by atoms with Gasteiger partial charge < -0.3 is 0 Å². The van der Waals surface area contributed by atoms with Crippen molar-refractivity contribution in [3.8, 4) is 0 Å². The number of fused-ring (bicyclic) bond motifs is 1. The van der Waals surface area contributed by atoms with Crippen LogP contribution in [0.5, 0.6) is 0 Å². The molecule has 2 aromatic rings. The first-order valence-corrected chi connectivity index (χ1v) is 7.56. The zero-order valence-electron chi connectivity index (χ0n) is 12.9. The lowest BCUT2D eigenvalue weighted by Gasteiger charge is -2.34. The van der Waals surface area contributed by atoms with Gasteiger partial charge >= 0.3 is 0 Å². The number of rotatable bonds is 2. The van der Waals surface area contributed by atoms with Gasteiger partial charge in [0.05, 0.1) is 5.69 Å². The van der Waals surface area contributed by atoms with Crippen LogP contribution in [0.25, 0.3) is 5.78 Å². The predicted molar refractivity (Wildman–Crippen MR) is 80.7 cm³/mol. The molecule has 0 amide bonds. The van der Waals surface area contributed by atoms with Crippen molar-refractivity contribution in [1.29, 1.82) is 0 Å². The Morgan fingerprint density at radius 1 is 1.15 bits per heavy atom. The molecule has 0 aromatic carbocycles. The second kappa shape index (κ2) is 5.17. The number of imidazole rings is 1. The van der Waals surface area contributed by atoms with Crippen LogP contribution in [0.2, 0.25) is 0 Å². The van der Waals surface area contributed by atoms with Gasteiger partial charge in [-0.15, -0.1) is 0 Å². The zero-order valence-corrected chi connectivity index (χ0v) is 12.9. The molecule has 3 rings (SSSR count). The molecule has 0 aliphatic carbocycles. The average molecular weight is 272 g/mol. The van der Waals surface area contributed by atoms with E-state index in [1.807, 2.05) is 6.92 Å². The molecule has 0 radical (unpaired) electrons. The summed E-state index contributed by atoms with van der Waals surface area (Å²) in [6, 6.07) is 2.10. The Hall–Kier alpha value is -1.42. The maximum absolute atomic E-state index is 4.69. The van der Waals surface area contributed by atoms with Gasteiger partial charge in [0.15, 0.2) is 0 Å². The maximum atomic E-state index is 4.69. The van der Waals surface area contributed by atoms with Crippen LogP contribution in [0.3, 0.4) is 0 Å². The Morgan fingerprint density at radius 2 is 1.85 bits per heavy atom. The Labute approximate surface area is 120 Å². The van der Waals surface area contributed by atoms with E-state index >= 15 is 0 Å². The minimum Gasteiger partial charge on any atom is -0.297 e. The number of aromatic nitrogens is 3. The quantitative estimate of drug-likeness (QED) is 0.843. The fourth-order valence-electron chi connectivity index (χ4n) is 3.54. The molecule has 2 aromatic heterocycles. The molecule has 0 bridgehead atoms. The molecule has 4 nitrogen and oxygen atoms in total. The van der Waals surface area contributed by atoms with Gasteiger partial charge in [0.1, 0.15) is 0 Å². The van der Waals surface area contributed by atoms with Crippen molar-refractivity contribution in [3.63, 3.8) is 0 Å². The number of hydrogen-bond donors (Lipinski definition) is 0. The van der Waals surface area contributed by atoms with Crippen molar-refractivity contribution in [3.05, 3.63) is 29.3 Å². The second-order valence-corrected chi connectivity index (χ2v) is 6.58. The fraction of sp³-hybridized carbons (Fsp3) is 0.625. The van der Waals surface area contributed by atoms with E-state index in [0.717, 1.165) is 35.5 Å². The van der Waals surface area contributed by atoms with Crippen LogP contribution in [0.4, 0.5) is 0 Å². The van der Waals surface area contributed by atoms with Gasteiger partial charge in [0.25, 0.3) is 0 Å². The van der Waals surface area contributed by atoms with Crippen molar-refractivity contribution in [2.75, 3.05) is 13.1 Å². The van der Waals surface area contributed by atoms with Crippen LogP contribution < -0.4 is 0 Å². The number of likely N-dealkylation sites (tertiary alicyclic amines) is 1. The number of nitrogens with zero attached hydrogens (tertiary/aromatic N) is 4. The molecule has 0 N–H and O–H groups in total. The highest BCUT2D eigenvalue weighted by molar-refractivity contribution is 5.34. The van der Waals surface area contributed by atoms with E-state index in [9.17, 15) is 0 Å². The molecule has 2 atom stereocenters.